The smallest absolute Gasteiger partial charge is 0.263 e. The predicted octanol–water partition coefficient (Wildman–Crippen LogP) is 3.31. The summed E-state index contributed by atoms with van der Waals surface area (Å²) < 4.78 is 3.44. The minimum Gasteiger partial charge on any atom is -0.309 e. The van der Waals surface area contributed by atoms with E-state index in [0.29, 0.717) is 34.4 Å². The lowest BCUT2D eigenvalue weighted by Gasteiger charge is -2.09. The summed E-state index contributed by atoms with van der Waals surface area (Å²) in [6, 6.07) is 7.41. The van der Waals surface area contributed by atoms with Crippen molar-refractivity contribution in [3.8, 4) is 0 Å². The molecule has 6 rings (SSSR count). The zero-order valence-electron chi connectivity index (χ0n) is 17.0. The zero-order chi connectivity index (χ0) is 21.8. The van der Waals surface area contributed by atoms with Crippen LogP contribution in [0, 0.1) is 0 Å². The van der Waals surface area contributed by atoms with Gasteiger partial charge in [-0.1, -0.05) is 30.0 Å². The quantitative estimate of drug-likeness (QED) is 0.318. The summed E-state index contributed by atoms with van der Waals surface area (Å²) in [4.78, 5) is 35.4. The number of thioether (sulfide) groups is 1. The molecule has 160 valence electrons. The number of hydrogen-bond acceptors (Lipinski definition) is 7. The van der Waals surface area contributed by atoms with Crippen LogP contribution in [0.5, 0.6) is 0 Å². The molecule has 1 N–H and O–H groups in total. The SMILES string of the molecule is C=CCn1c(=O)c2ccccc2n2c(SCc3nc4sc5c(c4c(=O)[nH]3)CCC5)nnc12. The number of aromatic nitrogens is 6. The highest BCUT2D eigenvalue weighted by Crippen LogP contribution is 2.34. The molecule has 0 aliphatic heterocycles. The van der Waals surface area contributed by atoms with Gasteiger partial charge in [0.2, 0.25) is 5.78 Å². The van der Waals surface area contributed by atoms with Gasteiger partial charge in [-0.25, -0.2) is 4.98 Å². The lowest BCUT2D eigenvalue weighted by Crippen LogP contribution is -2.22. The van der Waals surface area contributed by atoms with E-state index in [1.54, 1.807) is 28.0 Å². The van der Waals surface area contributed by atoms with E-state index in [4.69, 9.17) is 4.98 Å². The van der Waals surface area contributed by atoms with Crippen LogP contribution < -0.4 is 11.1 Å². The van der Waals surface area contributed by atoms with Crippen LogP contribution in [0.1, 0.15) is 22.7 Å². The van der Waals surface area contributed by atoms with Crippen LogP contribution in [0.3, 0.4) is 0 Å². The molecule has 0 bridgehead atoms. The highest BCUT2D eigenvalue weighted by Gasteiger charge is 2.21. The number of H-pyrrole nitrogens is 1. The number of nitrogens with one attached hydrogen (secondary N) is 1. The van der Waals surface area contributed by atoms with Crippen LogP contribution in [0.2, 0.25) is 0 Å². The molecular formula is C22H18N6O2S2. The second kappa shape index (κ2) is 7.42. The summed E-state index contributed by atoms with van der Waals surface area (Å²) in [5.74, 6) is 1.50. The van der Waals surface area contributed by atoms with Gasteiger partial charge in [0.05, 0.1) is 22.0 Å². The van der Waals surface area contributed by atoms with E-state index in [2.05, 4.69) is 21.8 Å². The van der Waals surface area contributed by atoms with Crippen LogP contribution in [0.25, 0.3) is 26.9 Å². The Kier molecular flexibility index (Phi) is 4.51. The monoisotopic (exact) mass is 462 g/mol. The Morgan fingerprint density at radius 2 is 2.09 bits per heavy atom. The Hall–Kier alpha value is -3.24. The van der Waals surface area contributed by atoms with E-state index in [0.717, 1.165) is 35.0 Å². The number of rotatable bonds is 5. The topological polar surface area (TPSA) is 97.9 Å². The average Bonchev–Trinajstić information content (AvgIpc) is 3.49. The molecule has 0 amide bonds. The summed E-state index contributed by atoms with van der Waals surface area (Å²) in [5, 5.41) is 10.6. The van der Waals surface area contributed by atoms with E-state index in [-0.39, 0.29) is 11.1 Å². The number of hydrogen-bond donors (Lipinski definition) is 1. The Labute approximate surface area is 189 Å². The molecule has 4 aromatic heterocycles. The van der Waals surface area contributed by atoms with Crippen LogP contribution in [0.4, 0.5) is 0 Å². The molecule has 1 aliphatic rings. The van der Waals surface area contributed by atoms with Gasteiger partial charge in [-0.3, -0.25) is 18.6 Å². The van der Waals surface area contributed by atoms with Gasteiger partial charge in [-0.15, -0.1) is 28.1 Å². The molecule has 0 atom stereocenters. The van der Waals surface area contributed by atoms with Crippen molar-refractivity contribution < 1.29 is 0 Å². The maximum absolute atomic E-state index is 12.9. The fourth-order valence-corrected chi connectivity index (χ4v) is 6.46. The normalized spacial score (nSPS) is 13.4. The van der Waals surface area contributed by atoms with Crippen LogP contribution in [0.15, 0.2) is 51.7 Å². The first-order chi connectivity index (χ1) is 15.7. The summed E-state index contributed by atoms with van der Waals surface area (Å²) in [5.41, 5.74) is 1.72. The molecule has 5 aromatic rings. The fourth-order valence-electron chi connectivity index (χ4n) is 4.37. The van der Waals surface area contributed by atoms with Gasteiger partial charge >= 0.3 is 0 Å². The number of benzene rings is 1. The number of nitrogens with zero attached hydrogens (tertiary/aromatic N) is 5. The van der Waals surface area contributed by atoms with Crippen LogP contribution in [-0.2, 0) is 25.1 Å². The molecular weight excluding hydrogens is 444 g/mol. The minimum atomic E-state index is -0.126. The zero-order valence-corrected chi connectivity index (χ0v) is 18.6. The van der Waals surface area contributed by atoms with E-state index >= 15 is 0 Å². The summed E-state index contributed by atoms with van der Waals surface area (Å²) >= 11 is 3.06. The number of thiophene rings is 1. The molecule has 8 nitrogen and oxygen atoms in total. The fraction of sp³-hybridized carbons (Fsp3) is 0.227. The molecule has 0 saturated heterocycles. The number of aromatic amines is 1. The first-order valence-corrected chi connectivity index (χ1v) is 12.1. The highest BCUT2D eigenvalue weighted by molar-refractivity contribution is 7.98. The van der Waals surface area contributed by atoms with Gasteiger partial charge in [0, 0.05) is 11.4 Å². The third kappa shape index (κ3) is 2.86. The molecule has 32 heavy (non-hydrogen) atoms. The largest absolute Gasteiger partial charge is 0.309 e. The van der Waals surface area contributed by atoms with E-state index in [1.807, 2.05) is 22.6 Å². The van der Waals surface area contributed by atoms with Crippen molar-refractivity contribution in [2.24, 2.45) is 0 Å². The van der Waals surface area contributed by atoms with Crippen LogP contribution >= 0.6 is 23.1 Å². The Morgan fingerprint density at radius 3 is 2.97 bits per heavy atom. The minimum absolute atomic E-state index is 0.0682. The van der Waals surface area contributed by atoms with Crippen molar-refractivity contribution in [1.29, 1.82) is 0 Å². The molecule has 0 spiro atoms. The number of aryl methyl sites for hydroxylation is 2. The second-order valence-electron chi connectivity index (χ2n) is 7.68. The maximum atomic E-state index is 12.9. The Bertz CT molecular complexity index is 1660. The van der Waals surface area contributed by atoms with Gasteiger partial charge in [0.25, 0.3) is 11.1 Å². The molecule has 0 saturated carbocycles. The van der Waals surface area contributed by atoms with Gasteiger partial charge in [-0.05, 0) is 37.0 Å². The summed E-state index contributed by atoms with van der Waals surface area (Å²) in [6.45, 7) is 4.09. The van der Waals surface area contributed by atoms with Gasteiger partial charge < -0.3 is 4.98 Å². The number of allylic oxidation sites excluding steroid dienone is 1. The first-order valence-electron chi connectivity index (χ1n) is 10.3. The highest BCUT2D eigenvalue weighted by atomic mass is 32.2. The van der Waals surface area contributed by atoms with Gasteiger partial charge in [0.15, 0.2) is 5.16 Å². The molecule has 4 heterocycles. The Morgan fingerprint density at radius 1 is 1.22 bits per heavy atom. The Balaban J connectivity index is 1.43. The second-order valence-corrected chi connectivity index (χ2v) is 9.70. The van der Waals surface area contributed by atoms with E-state index in [9.17, 15) is 9.59 Å². The number of para-hydroxylation sites is 1. The lowest BCUT2D eigenvalue weighted by molar-refractivity contribution is 0.783. The summed E-state index contributed by atoms with van der Waals surface area (Å²) in [6.07, 6.45) is 4.77. The average molecular weight is 463 g/mol. The van der Waals surface area contributed by atoms with Gasteiger partial charge in [-0.2, -0.15) is 0 Å². The van der Waals surface area contributed by atoms with Crippen molar-refractivity contribution in [2.75, 3.05) is 0 Å². The molecule has 1 aliphatic carbocycles. The van der Waals surface area contributed by atoms with Crippen molar-refractivity contribution in [1.82, 2.24) is 29.1 Å². The molecule has 0 unspecified atom stereocenters. The van der Waals surface area contributed by atoms with Crippen molar-refractivity contribution in [2.45, 2.75) is 36.7 Å². The van der Waals surface area contributed by atoms with E-state index < -0.39 is 0 Å². The number of fused-ring (bicyclic) bond motifs is 6. The third-order valence-electron chi connectivity index (χ3n) is 5.75. The summed E-state index contributed by atoms with van der Waals surface area (Å²) in [7, 11) is 0. The standard InChI is InChI=1S/C22H18N6O2S2/c1-2-10-27-20(30)12-6-3-4-8-14(12)28-21(27)25-26-22(28)31-11-16-23-18(29)17-13-7-5-9-15(13)32-19(17)24-16/h2-4,6,8H,1,5,7,9-11H2,(H,23,24,29). The predicted molar refractivity (Wildman–Crippen MR) is 127 cm³/mol. The van der Waals surface area contributed by atoms with Crippen LogP contribution in [-0.4, -0.2) is 29.1 Å². The third-order valence-corrected chi connectivity index (χ3v) is 7.88. The molecule has 10 heteroatoms. The molecule has 1 aromatic carbocycles. The molecule has 0 radical (unpaired) electrons. The maximum Gasteiger partial charge on any atom is 0.263 e. The van der Waals surface area contributed by atoms with Gasteiger partial charge in [0.1, 0.15) is 10.7 Å². The van der Waals surface area contributed by atoms with E-state index in [1.165, 1.54) is 22.2 Å². The molecule has 0 fully saturated rings. The van der Waals surface area contributed by atoms with Crippen molar-refractivity contribution in [3.05, 3.63) is 73.9 Å². The van der Waals surface area contributed by atoms with Crippen molar-refractivity contribution in [3.63, 3.8) is 0 Å². The first kappa shape index (κ1) is 19.4. The lowest BCUT2D eigenvalue weighted by atomic mass is 10.2. The van der Waals surface area contributed by atoms with Crippen molar-refractivity contribution >= 4 is 50.0 Å².